The van der Waals surface area contributed by atoms with Crippen molar-refractivity contribution in [2.75, 3.05) is 23.7 Å². The summed E-state index contributed by atoms with van der Waals surface area (Å²) in [6, 6.07) is -0.712. The highest BCUT2D eigenvalue weighted by molar-refractivity contribution is 8.90. The molecule has 0 aromatic rings. The van der Waals surface area contributed by atoms with Gasteiger partial charge in [0.05, 0.1) is 6.29 Å². The summed E-state index contributed by atoms with van der Waals surface area (Å²) in [7, 11) is 0. The van der Waals surface area contributed by atoms with Crippen LogP contribution < -0.4 is 5.32 Å². The molecule has 0 saturated carbocycles. The van der Waals surface area contributed by atoms with E-state index in [2.05, 4.69) is 5.32 Å². The second kappa shape index (κ2) is 9.56. The van der Waals surface area contributed by atoms with Gasteiger partial charge in [-0.05, 0) is 17.9 Å². The van der Waals surface area contributed by atoms with Crippen molar-refractivity contribution >= 4 is 45.9 Å². The number of nitrogens with one attached hydrogen (secondary N) is 1. The fourth-order valence-electron chi connectivity index (χ4n) is 1.17. The number of carbonyl (C=O) groups is 1. The van der Waals surface area contributed by atoms with Crippen LogP contribution in [0.4, 0.5) is 0 Å². The molecule has 0 aromatic carbocycles. The number of hydrogen-bond acceptors (Lipinski definition) is 5. The molecule has 4 nitrogen and oxygen atoms in total. The third-order valence-corrected chi connectivity index (χ3v) is 10.6. The Bertz CT molecular complexity index is 271. The molecule has 0 radical (unpaired) electrons. The second-order valence-corrected chi connectivity index (χ2v) is 12.5. The predicted octanol–water partition coefficient (Wildman–Crippen LogP) is 3.31. The molecule has 0 amide bonds. The van der Waals surface area contributed by atoms with Crippen LogP contribution >= 0.6 is 39.9 Å². The van der Waals surface area contributed by atoms with Gasteiger partial charge in [-0.1, -0.05) is 36.6 Å². The maximum atomic E-state index is 12.4. The molecule has 0 fully saturated rings. The molecule has 2 N–H and O–H groups in total. The van der Waals surface area contributed by atoms with E-state index in [1.165, 1.54) is 22.8 Å². The lowest BCUT2D eigenvalue weighted by atomic mass is 10.2. The Hall–Kier alpha value is 0.650. The molecular weight excluding hydrogens is 301 g/mol. The third-order valence-electron chi connectivity index (χ3n) is 1.88. The van der Waals surface area contributed by atoms with Gasteiger partial charge in [-0.2, -0.15) is 0 Å². The first-order valence-corrected chi connectivity index (χ1v) is 11.0. The first-order chi connectivity index (χ1) is 7.99. The molecule has 0 aliphatic rings. The minimum atomic E-state index is -2.42. The zero-order valence-corrected chi connectivity index (χ0v) is 13.3. The molecule has 0 aliphatic carbocycles. The average Bonchev–Trinajstić information content (AvgIpc) is 2.24. The Labute approximate surface area is 116 Å². The van der Waals surface area contributed by atoms with Crippen molar-refractivity contribution in [3.8, 4) is 0 Å². The number of hydrogen-bond donors (Lipinski definition) is 2. The Morgan fingerprint density at radius 2 is 1.94 bits per heavy atom. The Kier molecular flexibility index (Phi) is 9.93. The highest BCUT2D eigenvalue weighted by Gasteiger charge is 2.25. The van der Waals surface area contributed by atoms with Gasteiger partial charge >= 0.3 is 5.97 Å². The summed E-state index contributed by atoms with van der Waals surface area (Å²) < 4.78 is 12.4. The highest BCUT2D eigenvalue weighted by Crippen LogP contribution is 2.68. The number of carboxylic acid groups (broad SMARTS) is 1. The molecular formula is C9H19ClNO3PS2. The monoisotopic (exact) mass is 319 g/mol. The summed E-state index contributed by atoms with van der Waals surface area (Å²) in [4.78, 5) is 10.9. The van der Waals surface area contributed by atoms with Crippen molar-refractivity contribution < 1.29 is 14.5 Å². The first-order valence-electron chi connectivity index (χ1n) is 5.39. The van der Waals surface area contributed by atoms with Crippen molar-refractivity contribution in [3.05, 3.63) is 0 Å². The summed E-state index contributed by atoms with van der Waals surface area (Å²) in [6.45, 7) is 3.89. The minimum Gasteiger partial charge on any atom is -0.480 e. The SMILES string of the molecule is CCSP(=O)(CNC(CCCl)C(=O)O)SCC. The van der Waals surface area contributed by atoms with E-state index in [9.17, 15) is 9.36 Å². The van der Waals surface area contributed by atoms with Crippen LogP contribution in [-0.4, -0.2) is 40.8 Å². The lowest BCUT2D eigenvalue weighted by Gasteiger charge is -2.19. The average molecular weight is 320 g/mol. The molecule has 0 spiro atoms. The number of rotatable bonds is 10. The normalized spacial score (nSPS) is 13.6. The number of halogens is 1. The van der Waals surface area contributed by atoms with Crippen LogP contribution in [0.5, 0.6) is 0 Å². The van der Waals surface area contributed by atoms with E-state index in [-0.39, 0.29) is 12.2 Å². The van der Waals surface area contributed by atoms with E-state index in [0.29, 0.717) is 6.42 Å². The number of alkyl halides is 1. The van der Waals surface area contributed by atoms with Gasteiger partial charge in [0.2, 0.25) is 5.55 Å². The van der Waals surface area contributed by atoms with Crippen LogP contribution in [-0.2, 0) is 9.36 Å². The van der Waals surface area contributed by atoms with Gasteiger partial charge in [-0.15, -0.1) is 11.6 Å². The third kappa shape index (κ3) is 7.62. The van der Waals surface area contributed by atoms with Crippen molar-refractivity contribution in [1.29, 1.82) is 0 Å². The fourth-order valence-corrected chi connectivity index (χ4v) is 9.02. The van der Waals surface area contributed by atoms with Crippen LogP contribution in [0.25, 0.3) is 0 Å². The van der Waals surface area contributed by atoms with Crippen molar-refractivity contribution in [3.63, 3.8) is 0 Å². The molecule has 0 saturated heterocycles. The smallest absolute Gasteiger partial charge is 0.320 e. The van der Waals surface area contributed by atoms with Crippen LogP contribution in [0.15, 0.2) is 0 Å². The van der Waals surface area contributed by atoms with Gasteiger partial charge in [0.25, 0.3) is 0 Å². The largest absolute Gasteiger partial charge is 0.480 e. The molecule has 1 atom stereocenters. The van der Waals surface area contributed by atoms with Gasteiger partial charge in [-0.25, -0.2) is 0 Å². The maximum absolute atomic E-state index is 12.4. The molecule has 0 rings (SSSR count). The summed E-state index contributed by atoms with van der Waals surface area (Å²) >= 11 is 8.34. The van der Waals surface area contributed by atoms with Crippen LogP contribution in [0.2, 0.25) is 0 Å². The molecule has 0 aromatic heterocycles. The molecule has 0 heterocycles. The first kappa shape index (κ1) is 17.6. The predicted molar refractivity (Wildman–Crippen MR) is 78.6 cm³/mol. The van der Waals surface area contributed by atoms with Crippen LogP contribution in [0.1, 0.15) is 20.3 Å². The van der Waals surface area contributed by atoms with Crippen molar-refractivity contribution in [1.82, 2.24) is 5.32 Å². The van der Waals surface area contributed by atoms with Gasteiger partial charge in [-0.3, -0.25) is 14.7 Å². The maximum Gasteiger partial charge on any atom is 0.320 e. The fraction of sp³-hybridized carbons (Fsp3) is 0.889. The topological polar surface area (TPSA) is 66.4 Å². The lowest BCUT2D eigenvalue weighted by Crippen LogP contribution is -2.37. The summed E-state index contributed by atoms with van der Waals surface area (Å²) in [5.74, 6) is 0.856. The van der Waals surface area contributed by atoms with Gasteiger partial charge in [0.15, 0.2) is 0 Å². The van der Waals surface area contributed by atoms with E-state index in [0.717, 1.165) is 11.5 Å². The summed E-state index contributed by atoms with van der Waals surface area (Å²) in [5, 5.41) is 11.8. The minimum absolute atomic E-state index is 0.234. The molecule has 102 valence electrons. The van der Waals surface area contributed by atoms with Gasteiger partial charge in [0.1, 0.15) is 6.04 Å². The van der Waals surface area contributed by atoms with Crippen LogP contribution in [0, 0.1) is 0 Å². The Morgan fingerprint density at radius 3 is 2.29 bits per heavy atom. The van der Waals surface area contributed by atoms with E-state index >= 15 is 0 Å². The van der Waals surface area contributed by atoms with E-state index in [1.54, 1.807) is 0 Å². The molecule has 0 bridgehead atoms. The van der Waals surface area contributed by atoms with Gasteiger partial charge in [0, 0.05) is 5.88 Å². The Balaban J connectivity index is 4.35. The van der Waals surface area contributed by atoms with Gasteiger partial charge < -0.3 is 5.11 Å². The zero-order chi connectivity index (χ0) is 13.3. The van der Waals surface area contributed by atoms with E-state index in [4.69, 9.17) is 16.7 Å². The quantitative estimate of drug-likeness (QED) is 0.475. The zero-order valence-electron chi connectivity index (χ0n) is 10.0. The van der Waals surface area contributed by atoms with Crippen molar-refractivity contribution in [2.45, 2.75) is 26.3 Å². The Morgan fingerprint density at radius 1 is 1.41 bits per heavy atom. The van der Waals surface area contributed by atoms with E-state index < -0.39 is 17.6 Å². The lowest BCUT2D eigenvalue weighted by molar-refractivity contribution is -0.139. The molecule has 17 heavy (non-hydrogen) atoms. The second-order valence-electron chi connectivity index (χ2n) is 3.18. The number of carboxylic acids is 1. The summed E-state index contributed by atoms with van der Waals surface area (Å²) in [5.41, 5.74) is -2.42. The van der Waals surface area contributed by atoms with Crippen molar-refractivity contribution in [2.24, 2.45) is 0 Å². The standard InChI is InChI=1S/C9H19ClNO3PS2/c1-3-16-15(14,17-4-2)7-11-8(5-6-10)9(12)13/h8,11H,3-7H2,1-2H3,(H,12,13). The molecule has 0 aliphatic heterocycles. The van der Waals surface area contributed by atoms with Crippen LogP contribution in [0.3, 0.4) is 0 Å². The molecule has 1 unspecified atom stereocenters. The highest BCUT2D eigenvalue weighted by atomic mass is 35.5. The summed E-state index contributed by atoms with van der Waals surface area (Å²) in [6.07, 6.45) is 0.572. The van der Waals surface area contributed by atoms with E-state index in [1.807, 2.05) is 13.8 Å². The molecule has 8 heteroatoms. The number of aliphatic carboxylic acids is 1.